The lowest BCUT2D eigenvalue weighted by atomic mass is 10.0. The Morgan fingerprint density at radius 3 is 2.32 bits per heavy atom. The van der Waals surface area contributed by atoms with Crippen LogP contribution in [0.5, 0.6) is 11.5 Å². The number of carbonyl (C=O) groups excluding carboxylic acids is 1. The normalized spacial score (nSPS) is 10.9. The van der Waals surface area contributed by atoms with Crippen LogP contribution in [0.15, 0.2) is 68.0 Å². The predicted octanol–water partition coefficient (Wildman–Crippen LogP) is 4.85. The molecular weight excluding hydrogens is 377 g/mol. The van der Waals surface area contributed by atoms with Crippen molar-refractivity contribution in [1.29, 1.82) is 0 Å². The van der Waals surface area contributed by atoms with Gasteiger partial charge in [-0.3, -0.25) is 0 Å². The van der Waals surface area contributed by atoms with E-state index in [1.165, 1.54) is 31.8 Å². The monoisotopic (exact) mass is 392 g/mol. The molecule has 2 rings (SSSR count). The average Bonchev–Trinajstić information content (AvgIpc) is 2.69. The van der Waals surface area contributed by atoms with Gasteiger partial charge in [0.2, 0.25) is 5.82 Å². The third kappa shape index (κ3) is 5.16. The molecule has 0 bridgehead atoms. The second kappa shape index (κ2) is 9.86. The molecule has 0 spiro atoms. The standard InChI is InChI=1S/C20H15F3O5/c1-3-18(24)28-11-10-27-17-7-6-15(19(22)20(17)23)14-5-4-13(12-16(14)21)26-9-8-25-2/h3-12H,1H2,2H3/b9-8-,11-10-. The fourth-order valence-corrected chi connectivity index (χ4v) is 2.02. The van der Waals surface area contributed by atoms with Gasteiger partial charge in [0.1, 0.15) is 36.6 Å². The Labute approximate surface area is 158 Å². The van der Waals surface area contributed by atoms with Crippen LogP contribution < -0.4 is 9.47 Å². The van der Waals surface area contributed by atoms with E-state index in [-0.39, 0.29) is 16.9 Å². The highest BCUT2D eigenvalue weighted by molar-refractivity contribution is 5.81. The SMILES string of the molecule is C=CC(=O)O/C=C\Oc1ccc(-c2ccc(O/C=C\OC)cc2F)c(F)c1F. The van der Waals surface area contributed by atoms with Crippen molar-refractivity contribution in [3.8, 4) is 22.6 Å². The molecule has 0 saturated heterocycles. The third-order valence-corrected chi connectivity index (χ3v) is 3.27. The topological polar surface area (TPSA) is 54.0 Å². The number of methoxy groups -OCH3 is 1. The summed E-state index contributed by atoms with van der Waals surface area (Å²) in [4.78, 5) is 10.8. The van der Waals surface area contributed by atoms with Crippen LogP contribution in [0.4, 0.5) is 13.2 Å². The number of ether oxygens (including phenoxy) is 4. The molecule has 8 heteroatoms. The van der Waals surface area contributed by atoms with Gasteiger partial charge >= 0.3 is 5.97 Å². The number of halogens is 3. The Morgan fingerprint density at radius 1 is 0.929 bits per heavy atom. The van der Waals surface area contributed by atoms with Gasteiger partial charge in [-0.05, 0) is 24.3 Å². The lowest BCUT2D eigenvalue weighted by Gasteiger charge is -2.10. The molecule has 0 aromatic heterocycles. The first kappa shape index (κ1) is 20.6. The Kier molecular flexibility index (Phi) is 7.27. The van der Waals surface area contributed by atoms with Crippen LogP contribution in [0.2, 0.25) is 0 Å². The zero-order valence-electron chi connectivity index (χ0n) is 14.7. The summed E-state index contributed by atoms with van der Waals surface area (Å²) < 4.78 is 61.9. The molecule has 28 heavy (non-hydrogen) atoms. The van der Waals surface area contributed by atoms with Gasteiger partial charge < -0.3 is 18.9 Å². The van der Waals surface area contributed by atoms with Crippen molar-refractivity contribution >= 4 is 5.97 Å². The fraction of sp³-hybridized carbons (Fsp3) is 0.0500. The van der Waals surface area contributed by atoms with Crippen LogP contribution >= 0.6 is 0 Å². The summed E-state index contributed by atoms with van der Waals surface area (Å²) in [6, 6.07) is 5.92. The first-order valence-electron chi connectivity index (χ1n) is 7.75. The highest BCUT2D eigenvalue weighted by Crippen LogP contribution is 2.32. The molecule has 0 aliphatic heterocycles. The molecule has 146 valence electrons. The smallest absolute Gasteiger partial charge is 0.335 e. The number of carbonyl (C=O) groups is 1. The second-order valence-corrected chi connectivity index (χ2v) is 5.04. The van der Waals surface area contributed by atoms with Crippen LogP contribution in [0.3, 0.4) is 0 Å². The van der Waals surface area contributed by atoms with Gasteiger partial charge in [0, 0.05) is 23.3 Å². The number of hydrogen-bond acceptors (Lipinski definition) is 5. The van der Waals surface area contributed by atoms with Gasteiger partial charge in [0.05, 0.1) is 7.11 Å². The summed E-state index contributed by atoms with van der Waals surface area (Å²) in [6.45, 7) is 3.19. The minimum atomic E-state index is -1.33. The average molecular weight is 392 g/mol. The van der Waals surface area contributed by atoms with E-state index in [9.17, 15) is 18.0 Å². The summed E-state index contributed by atoms with van der Waals surface area (Å²) in [5.74, 6) is -4.53. The predicted molar refractivity (Wildman–Crippen MR) is 94.6 cm³/mol. The molecule has 0 aliphatic carbocycles. The van der Waals surface area contributed by atoms with Gasteiger partial charge in [-0.2, -0.15) is 4.39 Å². The van der Waals surface area contributed by atoms with Gasteiger partial charge in [-0.25, -0.2) is 13.6 Å². The number of esters is 1. The molecular formula is C20H15F3O5. The maximum absolute atomic E-state index is 14.4. The van der Waals surface area contributed by atoms with E-state index in [1.54, 1.807) is 0 Å². The van der Waals surface area contributed by atoms with Crippen LogP contribution in [-0.2, 0) is 14.3 Å². The lowest BCUT2D eigenvalue weighted by Crippen LogP contribution is -1.97. The Morgan fingerprint density at radius 2 is 1.64 bits per heavy atom. The molecule has 0 amide bonds. The quantitative estimate of drug-likeness (QED) is 0.365. The zero-order valence-corrected chi connectivity index (χ0v) is 14.7. The van der Waals surface area contributed by atoms with Crippen molar-refractivity contribution in [2.75, 3.05) is 7.11 Å². The minimum Gasteiger partial charge on any atom is -0.501 e. The van der Waals surface area contributed by atoms with Crippen molar-refractivity contribution in [1.82, 2.24) is 0 Å². The van der Waals surface area contributed by atoms with Crippen LogP contribution in [0, 0.1) is 17.5 Å². The van der Waals surface area contributed by atoms with Gasteiger partial charge in [0.25, 0.3) is 0 Å². The lowest BCUT2D eigenvalue weighted by molar-refractivity contribution is -0.132. The van der Waals surface area contributed by atoms with E-state index in [2.05, 4.69) is 16.1 Å². The molecule has 0 aliphatic rings. The second-order valence-electron chi connectivity index (χ2n) is 5.04. The Bertz CT molecular complexity index is 922. The van der Waals surface area contributed by atoms with Crippen LogP contribution in [-0.4, -0.2) is 13.1 Å². The van der Waals surface area contributed by atoms with Gasteiger partial charge in [-0.15, -0.1) is 0 Å². The third-order valence-electron chi connectivity index (χ3n) is 3.27. The van der Waals surface area contributed by atoms with Crippen molar-refractivity contribution in [2.24, 2.45) is 0 Å². The first-order valence-corrected chi connectivity index (χ1v) is 7.75. The van der Waals surface area contributed by atoms with Crippen LogP contribution in [0.1, 0.15) is 0 Å². The Balaban J connectivity index is 2.21. The van der Waals surface area contributed by atoms with E-state index >= 15 is 0 Å². The minimum absolute atomic E-state index is 0.148. The van der Waals surface area contributed by atoms with E-state index in [4.69, 9.17) is 9.47 Å². The van der Waals surface area contributed by atoms with Crippen molar-refractivity contribution in [3.05, 3.63) is 85.5 Å². The fourth-order valence-electron chi connectivity index (χ4n) is 2.02. The highest BCUT2D eigenvalue weighted by atomic mass is 19.2. The van der Waals surface area contributed by atoms with Crippen LogP contribution in [0.25, 0.3) is 11.1 Å². The van der Waals surface area contributed by atoms with Gasteiger partial charge in [-0.1, -0.05) is 6.58 Å². The highest BCUT2D eigenvalue weighted by Gasteiger charge is 2.18. The molecule has 0 N–H and O–H groups in total. The summed E-state index contributed by atoms with van der Waals surface area (Å²) in [7, 11) is 1.41. The number of rotatable bonds is 8. The maximum atomic E-state index is 14.4. The molecule has 0 heterocycles. The number of hydrogen-bond donors (Lipinski definition) is 0. The molecule has 5 nitrogen and oxygen atoms in total. The Hall–Kier alpha value is -3.68. The molecule has 0 saturated carbocycles. The summed E-state index contributed by atoms with van der Waals surface area (Å²) >= 11 is 0. The van der Waals surface area contributed by atoms with Crippen molar-refractivity contribution < 1.29 is 36.9 Å². The van der Waals surface area contributed by atoms with E-state index in [1.807, 2.05) is 0 Å². The van der Waals surface area contributed by atoms with E-state index in [0.717, 1.165) is 36.8 Å². The molecule has 0 radical (unpaired) electrons. The zero-order chi connectivity index (χ0) is 20.5. The maximum Gasteiger partial charge on any atom is 0.335 e. The van der Waals surface area contributed by atoms with Crippen molar-refractivity contribution in [2.45, 2.75) is 0 Å². The van der Waals surface area contributed by atoms with E-state index in [0.29, 0.717) is 0 Å². The van der Waals surface area contributed by atoms with Gasteiger partial charge in [0.15, 0.2) is 11.6 Å². The summed E-state index contributed by atoms with van der Waals surface area (Å²) in [5.41, 5.74) is -0.468. The van der Waals surface area contributed by atoms with E-state index < -0.39 is 29.2 Å². The summed E-state index contributed by atoms with van der Waals surface area (Å²) in [5, 5.41) is 0. The molecule has 0 atom stereocenters. The molecule has 0 unspecified atom stereocenters. The van der Waals surface area contributed by atoms with Crippen molar-refractivity contribution in [3.63, 3.8) is 0 Å². The molecule has 0 fully saturated rings. The summed E-state index contributed by atoms with van der Waals surface area (Å²) in [6.07, 6.45) is 5.04. The first-order chi connectivity index (χ1) is 13.5. The molecule has 2 aromatic carbocycles. The molecule has 2 aromatic rings. The number of benzene rings is 2. The largest absolute Gasteiger partial charge is 0.501 e.